The van der Waals surface area contributed by atoms with Crippen molar-refractivity contribution in [3.8, 4) is 12.1 Å². The first-order valence-corrected chi connectivity index (χ1v) is 4.36. The maximum atomic E-state index is 11.4. The number of allylic oxidation sites excluding steroid dienone is 2. The monoisotopic (exact) mass is 185 g/mol. The second kappa shape index (κ2) is 3.01. The molecule has 4 nitrogen and oxygen atoms in total. The Hall–Kier alpha value is -2.07. The van der Waals surface area contributed by atoms with E-state index in [9.17, 15) is 4.79 Å². The molecular weight excluding hydrogens is 178 g/mol. The Morgan fingerprint density at radius 1 is 1.29 bits per heavy atom. The number of hydrogen-bond donors (Lipinski definition) is 1. The third kappa shape index (κ3) is 1.02. The fourth-order valence-electron chi connectivity index (χ4n) is 1.90. The molecular formula is C10H7N3O. The summed E-state index contributed by atoms with van der Waals surface area (Å²) in [5.41, 5.74) is 1.98. The zero-order valence-electron chi connectivity index (χ0n) is 7.42. The zero-order valence-corrected chi connectivity index (χ0v) is 7.42. The van der Waals surface area contributed by atoms with Crippen LogP contribution in [0.3, 0.4) is 0 Å². The van der Waals surface area contributed by atoms with E-state index in [4.69, 9.17) is 10.5 Å². The van der Waals surface area contributed by atoms with Gasteiger partial charge < -0.3 is 5.32 Å². The molecule has 0 saturated heterocycles. The summed E-state index contributed by atoms with van der Waals surface area (Å²) in [5.74, 6) is -0.298. The number of nitrogens with one attached hydrogen (secondary N) is 1. The van der Waals surface area contributed by atoms with Gasteiger partial charge in [0.2, 0.25) is 0 Å². The van der Waals surface area contributed by atoms with Crippen LogP contribution in [-0.4, -0.2) is 5.91 Å². The summed E-state index contributed by atoms with van der Waals surface area (Å²) in [6.07, 6.45) is 2.61. The maximum Gasteiger partial charge on any atom is 0.257 e. The van der Waals surface area contributed by atoms with Crippen LogP contribution in [0.5, 0.6) is 0 Å². The number of amides is 1. The highest BCUT2D eigenvalue weighted by molar-refractivity contribution is 6.04. The second-order valence-electron chi connectivity index (χ2n) is 3.24. The van der Waals surface area contributed by atoms with Gasteiger partial charge in [0.1, 0.15) is 17.7 Å². The molecule has 2 aliphatic rings. The molecule has 0 fully saturated rings. The van der Waals surface area contributed by atoms with Crippen LogP contribution in [-0.2, 0) is 4.79 Å². The Morgan fingerprint density at radius 2 is 2.00 bits per heavy atom. The van der Waals surface area contributed by atoms with Gasteiger partial charge in [-0.15, -0.1) is 0 Å². The van der Waals surface area contributed by atoms with Crippen LogP contribution < -0.4 is 5.32 Å². The van der Waals surface area contributed by atoms with Gasteiger partial charge in [0.15, 0.2) is 0 Å². The second-order valence-corrected chi connectivity index (χ2v) is 3.24. The van der Waals surface area contributed by atoms with Gasteiger partial charge in [0.05, 0.1) is 5.57 Å². The molecule has 0 aromatic rings. The van der Waals surface area contributed by atoms with Crippen molar-refractivity contribution in [2.45, 2.75) is 19.3 Å². The van der Waals surface area contributed by atoms with Gasteiger partial charge in [-0.25, -0.2) is 0 Å². The van der Waals surface area contributed by atoms with Gasteiger partial charge in [-0.2, -0.15) is 10.5 Å². The molecule has 0 spiro atoms. The molecule has 0 aromatic carbocycles. The molecule has 0 bridgehead atoms. The minimum atomic E-state index is -0.298. The molecule has 1 aliphatic carbocycles. The number of carbonyl (C=O) groups is 1. The van der Waals surface area contributed by atoms with Crippen LogP contribution in [0, 0.1) is 22.7 Å². The first-order chi connectivity index (χ1) is 6.77. The fraction of sp³-hybridized carbons (Fsp3) is 0.300. The van der Waals surface area contributed by atoms with Crippen LogP contribution in [0.1, 0.15) is 19.3 Å². The number of nitrogens with zero attached hydrogens (tertiary/aromatic N) is 2. The van der Waals surface area contributed by atoms with Gasteiger partial charge in [0.25, 0.3) is 5.91 Å². The predicted molar refractivity (Wildman–Crippen MR) is 47.3 cm³/mol. The van der Waals surface area contributed by atoms with Crippen molar-refractivity contribution in [3.63, 3.8) is 0 Å². The molecule has 14 heavy (non-hydrogen) atoms. The normalized spacial score (nSPS) is 18.7. The van der Waals surface area contributed by atoms with Crippen molar-refractivity contribution in [2.24, 2.45) is 0 Å². The third-order valence-corrected chi connectivity index (χ3v) is 2.48. The van der Waals surface area contributed by atoms with E-state index >= 15 is 0 Å². The van der Waals surface area contributed by atoms with Crippen molar-refractivity contribution in [3.05, 3.63) is 22.4 Å². The van der Waals surface area contributed by atoms with Crippen molar-refractivity contribution in [2.75, 3.05) is 0 Å². The number of hydrogen-bond acceptors (Lipinski definition) is 3. The SMILES string of the molecule is N#CC(C#N)=C1C(=O)NC2=C1CCC2. The van der Waals surface area contributed by atoms with E-state index < -0.39 is 0 Å². The van der Waals surface area contributed by atoms with Crippen molar-refractivity contribution in [1.29, 1.82) is 10.5 Å². The molecule has 68 valence electrons. The summed E-state index contributed by atoms with van der Waals surface area (Å²) in [6, 6.07) is 3.52. The van der Waals surface area contributed by atoms with Crippen LogP contribution in [0.15, 0.2) is 22.4 Å². The van der Waals surface area contributed by atoms with E-state index in [-0.39, 0.29) is 11.5 Å². The molecule has 2 rings (SSSR count). The lowest BCUT2D eigenvalue weighted by Crippen LogP contribution is -2.17. The predicted octanol–water partition coefficient (Wildman–Crippen LogP) is 0.898. The molecule has 0 saturated carbocycles. The quantitative estimate of drug-likeness (QED) is 0.450. The molecule has 0 radical (unpaired) electrons. The summed E-state index contributed by atoms with van der Waals surface area (Å²) in [7, 11) is 0. The molecule has 0 unspecified atom stereocenters. The summed E-state index contributed by atoms with van der Waals surface area (Å²) in [4.78, 5) is 11.4. The van der Waals surface area contributed by atoms with E-state index in [1.807, 2.05) is 0 Å². The standard InChI is InChI=1S/C10H7N3O/c11-4-6(5-12)9-7-2-1-3-8(7)13-10(9)14/h1-3H2,(H,13,14). The van der Waals surface area contributed by atoms with Gasteiger partial charge in [0, 0.05) is 5.70 Å². The number of rotatable bonds is 0. The first-order valence-electron chi connectivity index (χ1n) is 4.36. The highest BCUT2D eigenvalue weighted by atomic mass is 16.2. The maximum absolute atomic E-state index is 11.4. The average molecular weight is 185 g/mol. The summed E-state index contributed by atoms with van der Waals surface area (Å²) >= 11 is 0. The molecule has 1 heterocycles. The van der Waals surface area contributed by atoms with Gasteiger partial charge in [-0.3, -0.25) is 4.79 Å². The molecule has 1 aliphatic heterocycles. The lowest BCUT2D eigenvalue weighted by atomic mass is 10.0. The number of nitriles is 2. The largest absolute Gasteiger partial charge is 0.325 e. The Labute approximate surface area is 81.1 Å². The smallest absolute Gasteiger partial charge is 0.257 e. The van der Waals surface area contributed by atoms with Gasteiger partial charge in [-0.05, 0) is 24.8 Å². The third-order valence-electron chi connectivity index (χ3n) is 2.48. The Morgan fingerprint density at radius 3 is 2.64 bits per heavy atom. The van der Waals surface area contributed by atoms with E-state index in [0.717, 1.165) is 30.5 Å². The van der Waals surface area contributed by atoms with Crippen molar-refractivity contribution < 1.29 is 4.79 Å². The van der Waals surface area contributed by atoms with Crippen LogP contribution in [0.4, 0.5) is 0 Å². The molecule has 1 N–H and O–H groups in total. The van der Waals surface area contributed by atoms with E-state index in [2.05, 4.69) is 5.32 Å². The summed E-state index contributed by atoms with van der Waals surface area (Å²) < 4.78 is 0. The molecule has 0 atom stereocenters. The Kier molecular flexibility index (Phi) is 1.83. The van der Waals surface area contributed by atoms with Crippen molar-refractivity contribution in [1.82, 2.24) is 5.32 Å². The highest BCUT2D eigenvalue weighted by Gasteiger charge is 2.32. The summed E-state index contributed by atoms with van der Waals surface area (Å²) in [6.45, 7) is 0. The molecule has 1 amide bonds. The lowest BCUT2D eigenvalue weighted by molar-refractivity contribution is -0.116. The van der Waals surface area contributed by atoms with Crippen LogP contribution in [0.25, 0.3) is 0 Å². The minimum Gasteiger partial charge on any atom is -0.325 e. The van der Waals surface area contributed by atoms with Crippen LogP contribution >= 0.6 is 0 Å². The first kappa shape index (κ1) is 8.52. The van der Waals surface area contributed by atoms with E-state index in [1.165, 1.54) is 0 Å². The van der Waals surface area contributed by atoms with E-state index in [0.29, 0.717) is 5.57 Å². The van der Waals surface area contributed by atoms with Gasteiger partial charge in [-0.1, -0.05) is 0 Å². The Bertz CT molecular complexity index is 441. The van der Waals surface area contributed by atoms with Crippen molar-refractivity contribution >= 4 is 5.91 Å². The summed E-state index contributed by atoms with van der Waals surface area (Å²) in [5, 5.41) is 20.1. The minimum absolute atomic E-state index is 0.0746. The Balaban J connectivity index is 2.56. The van der Waals surface area contributed by atoms with E-state index in [1.54, 1.807) is 12.1 Å². The fourth-order valence-corrected chi connectivity index (χ4v) is 1.90. The topological polar surface area (TPSA) is 76.7 Å². The zero-order chi connectivity index (χ0) is 10.1. The number of carbonyl (C=O) groups excluding carboxylic acids is 1. The molecule has 4 heteroatoms. The molecule has 0 aromatic heterocycles. The average Bonchev–Trinajstić information content (AvgIpc) is 2.70. The van der Waals surface area contributed by atoms with Gasteiger partial charge >= 0.3 is 0 Å². The van der Waals surface area contributed by atoms with Crippen LogP contribution in [0.2, 0.25) is 0 Å². The lowest BCUT2D eigenvalue weighted by Gasteiger charge is -1.99. The highest BCUT2D eigenvalue weighted by Crippen LogP contribution is 2.35.